The molecule has 6 aromatic rings. The van der Waals surface area contributed by atoms with Gasteiger partial charge >= 0.3 is 0 Å². The lowest BCUT2D eigenvalue weighted by Gasteiger charge is -2.36. The maximum atomic E-state index is 13.0. The average molecular weight is 1020 g/mol. The SMILES string of the molecule is CC(C)(C)[Si](C)(C)Oc1ccc(C#C[Si](C)(C)C)cc1.COc1ccc(CS(=O)c2cc(C)ccc2Br)cc1.COc1ccc(CS(=O)c2cc(C)ccc2C#Cc2ccc(O)cc2)cc1. The minimum atomic E-state index is -1.74. The number of aromatic hydroxyl groups is 1. The van der Waals surface area contributed by atoms with Crippen LogP contribution in [0.15, 0.2) is 148 Å². The first kappa shape index (κ1) is 53.5. The van der Waals surface area contributed by atoms with Crippen LogP contribution in [0, 0.1) is 37.2 Å². The number of hydrogen-bond donors (Lipinski definition) is 1. The van der Waals surface area contributed by atoms with Gasteiger partial charge in [-0.15, -0.1) is 5.54 Å². The van der Waals surface area contributed by atoms with Gasteiger partial charge in [0.05, 0.1) is 57.1 Å². The van der Waals surface area contributed by atoms with Crippen molar-refractivity contribution in [2.75, 3.05) is 14.2 Å². The molecule has 0 aliphatic heterocycles. The molecule has 0 amide bonds. The quantitative estimate of drug-likeness (QED) is 0.109. The second kappa shape index (κ2) is 24.6. The van der Waals surface area contributed by atoms with E-state index in [4.69, 9.17) is 13.9 Å². The molecule has 0 aliphatic rings. The molecule has 1 N–H and O–H groups in total. The van der Waals surface area contributed by atoms with Crippen molar-refractivity contribution in [1.82, 2.24) is 0 Å². The molecule has 0 spiro atoms. The molecule has 0 fully saturated rings. The van der Waals surface area contributed by atoms with Gasteiger partial charge in [0.15, 0.2) is 0 Å². The number of benzene rings is 6. The highest BCUT2D eigenvalue weighted by atomic mass is 79.9. The summed E-state index contributed by atoms with van der Waals surface area (Å²) < 4.78 is 42.8. The van der Waals surface area contributed by atoms with Crippen molar-refractivity contribution in [2.45, 2.75) is 93.7 Å². The molecule has 0 aliphatic carbocycles. The van der Waals surface area contributed by atoms with E-state index in [2.05, 4.69) is 117 Å². The lowest BCUT2D eigenvalue weighted by Crippen LogP contribution is -2.43. The normalized spacial score (nSPS) is 12.0. The summed E-state index contributed by atoms with van der Waals surface area (Å²) in [4.78, 5) is 1.58. The van der Waals surface area contributed by atoms with E-state index < -0.39 is 38.0 Å². The van der Waals surface area contributed by atoms with Gasteiger partial charge in [0, 0.05) is 21.2 Å². The van der Waals surface area contributed by atoms with Gasteiger partial charge < -0.3 is 19.0 Å². The van der Waals surface area contributed by atoms with Crippen LogP contribution in [0.3, 0.4) is 0 Å². The minimum absolute atomic E-state index is 0.206. The van der Waals surface area contributed by atoms with Crippen LogP contribution in [-0.2, 0) is 33.1 Å². The molecular weight excluding hydrogens is 957 g/mol. The zero-order chi connectivity index (χ0) is 48.7. The molecular formula is C55H63BrO6S2Si2. The molecule has 66 heavy (non-hydrogen) atoms. The third kappa shape index (κ3) is 17.6. The Balaban J connectivity index is 0.000000221. The Labute approximate surface area is 409 Å². The summed E-state index contributed by atoms with van der Waals surface area (Å²) in [6, 6.07) is 41.9. The molecule has 0 heterocycles. The Bertz CT molecular complexity index is 2700. The Hall–Kier alpha value is -5.15. The molecule has 0 saturated heterocycles. The number of methoxy groups -OCH3 is 2. The fourth-order valence-corrected chi connectivity index (χ4v) is 10.5. The van der Waals surface area contributed by atoms with Crippen LogP contribution in [0.1, 0.15) is 59.7 Å². The van der Waals surface area contributed by atoms with Gasteiger partial charge in [0.2, 0.25) is 8.32 Å². The summed E-state index contributed by atoms with van der Waals surface area (Å²) in [7, 11) is -2.05. The lowest BCUT2D eigenvalue weighted by atomic mass is 10.1. The second-order valence-corrected chi connectivity index (χ2v) is 31.5. The first-order chi connectivity index (χ1) is 31.0. The zero-order valence-corrected chi connectivity index (χ0v) is 45.5. The summed E-state index contributed by atoms with van der Waals surface area (Å²) in [5.41, 5.74) is 10.2. The van der Waals surface area contributed by atoms with E-state index >= 15 is 0 Å². The fourth-order valence-electron chi connectivity index (χ4n) is 5.61. The minimum Gasteiger partial charge on any atom is -0.544 e. The van der Waals surface area contributed by atoms with Crippen molar-refractivity contribution in [1.29, 1.82) is 0 Å². The van der Waals surface area contributed by atoms with E-state index in [0.717, 1.165) is 70.5 Å². The lowest BCUT2D eigenvalue weighted by molar-refractivity contribution is 0.414. The van der Waals surface area contributed by atoms with Crippen LogP contribution in [0.5, 0.6) is 23.0 Å². The van der Waals surface area contributed by atoms with E-state index in [1.54, 1.807) is 38.5 Å². The summed E-state index contributed by atoms with van der Waals surface area (Å²) in [6.07, 6.45) is 0. The Morgan fingerprint density at radius 2 is 1.02 bits per heavy atom. The Morgan fingerprint density at radius 3 is 1.50 bits per heavy atom. The smallest absolute Gasteiger partial charge is 0.250 e. The Kier molecular flexibility index (Phi) is 19.9. The predicted octanol–water partition coefficient (Wildman–Crippen LogP) is 13.8. The van der Waals surface area contributed by atoms with Crippen molar-refractivity contribution < 1.29 is 27.4 Å². The number of rotatable bonds is 10. The van der Waals surface area contributed by atoms with E-state index in [1.165, 1.54) is 0 Å². The summed E-state index contributed by atoms with van der Waals surface area (Å²) in [6.45, 7) is 22.1. The highest BCUT2D eigenvalue weighted by molar-refractivity contribution is 9.10. The van der Waals surface area contributed by atoms with Crippen molar-refractivity contribution in [3.8, 4) is 46.3 Å². The van der Waals surface area contributed by atoms with Gasteiger partial charge in [0.25, 0.3) is 0 Å². The predicted molar refractivity (Wildman–Crippen MR) is 285 cm³/mol. The molecule has 0 radical (unpaired) electrons. The van der Waals surface area contributed by atoms with Gasteiger partial charge in [-0.25, -0.2) is 0 Å². The topological polar surface area (TPSA) is 82.1 Å². The molecule has 2 unspecified atom stereocenters. The van der Waals surface area contributed by atoms with Crippen molar-refractivity contribution in [2.24, 2.45) is 0 Å². The second-order valence-electron chi connectivity index (χ2n) is 18.3. The van der Waals surface area contributed by atoms with Crippen LogP contribution in [0.2, 0.25) is 37.8 Å². The molecule has 0 saturated carbocycles. The van der Waals surface area contributed by atoms with E-state index in [0.29, 0.717) is 11.5 Å². The molecule has 346 valence electrons. The van der Waals surface area contributed by atoms with Crippen LogP contribution in [-0.4, -0.2) is 44.1 Å². The third-order valence-corrected chi connectivity index (χ3v) is 19.5. The first-order valence-electron chi connectivity index (χ1n) is 21.6. The van der Waals surface area contributed by atoms with Crippen molar-refractivity contribution in [3.63, 3.8) is 0 Å². The molecule has 6 rings (SSSR count). The monoisotopic (exact) mass is 1020 g/mol. The number of phenolic OH excluding ortho intramolecular Hbond substituents is 1. The summed E-state index contributed by atoms with van der Waals surface area (Å²) in [5, 5.41) is 9.59. The summed E-state index contributed by atoms with van der Waals surface area (Å²) in [5.74, 6) is 13.1. The third-order valence-electron chi connectivity index (χ3n) is 10.5. The maximum Gasteiger partial charge on any atom is 0.250 e. The van der Waals surface area contributed by atoms with Gasteiger partial charge in [0.1, 0.15) is 31.1 Å². The first-order valence-corrected chi connectivity index (χ1v) is 31.4. The zero-order valence-electron chi connectivity index (χ0n) is 40.3. The Morgan fingerprint density at radius 1 is 0.576 bits per heavy atom. The molecule has 0 bridgehead atoms. The van der Waals surface area contributed by atoms with Crippen LogP contribution >= 0.6 is 15.9 Å². The maximum absolute atomic E-state index is 13.0. The summed E-state index contributed by atoms with van der Waals surface area (Å²) >= 11 is 3.45. The van der Waals surface area contributed by atoms with E-state index in [9.17, 15) is 13.5 Å². The number of aryl methyl sites for hydroxylation is 2. The van der Waals surface area contributed by atoms with Gasteiger partial charge in [-0.1, -0.05) is 94.6 Å². The fraction of sp³-hybridized carbons (Fsp3) is 0.273. The number of ether oxygens (including phenoxy) is 2. The van der Waals surface area contributed by atoms with Crippen molar-refractivity contribution in [3.05, 3.63) is 177 Å². The van der Waals surface area contributed by atoms with E-state index in [-0.39, 0.29) is 10.8 Å². The highest BCUT2D eigenvalue weighted by Gasteiger charge is 2.38. The van der Waals surface area contributed by atoms with Crippen molar-refractivity contribution >= 4 is 53.9 Å². The van der Waals surface area contributed by atoms with Crippen LogP contribution < -0.4 is 13.9 Å². The number of hydrogen-bond acceptors (Lipinski definition) is 6. The van der Waals surface area contributed by atoms with Crippen LogP contribution in [0.25, 0.3) is 0 Å². The largest absolute Gasteiger partial charge is 0.544 e. The molecule has 0 aromatic heterocycles. The standard InChI is InChI=1S/C23H20O3S.C17H28OSi2.C15H15BrO2S/c1-17-3-9-20(10-4-18-5-11-21(24)12-6-18)23(15-17)27(25)16-19-7-13-22(26-2)14-8-19;1-17(2,3)20(7,8)18-16-11-9-15(10-12-16)13-14-19(4,5)6;1-11-3-8-14(16)15(9-11)19(17)10-12-4-6-13(18-2)7-5-12/h3,5-9,11-15,24H,16H2,1-2H3;9-12H,1-8H3;3-9H,10H2,1-2H3. The molecule has 11 heteroatoms. The van der Waals surface area contributed by atoms with Gasteiger partial charge in [-0.2, -0.15) is 0 Å². The number of halogens is 1. The van der Waals surface area contributed by atoms with Crippen LogP contribution in [0.4, 0.5) is 0 Å². The molecule has 6 nitrogen and oxygen atoms in total. The molecule has 2 atom stereocenters. The molecule has 6 aromatic carbocycles. The number of phenols is 1. The highest BCUT2D eigenvalue weighted by Crippen LogP contribution is 2.37. The van der Waals surface area contributed by atoms with Gasteiger partial charge in [-0.3, -0.25) is 8.42 Å². The average Bonchev–Trinajstić information content (AvgIpc) is 3.27. The van der Waals surface area contributed by atoms with Gasteiger partial charge in [-0.05, 0) is 167 Å². The van der Waals surface area contributed by atoms with E-state index in [1.807, 2.05) is 98.8 Å².